The van der Waals surface area contributed by atoms with Crippen molar-refractivity contribution >= 4 is 0 Å². The number of nitrogens with zero attached hydrogens (tertiary/aromatic N) is 3. The van der Waals surface area contributed by atoms with E-state index >= 15 is 0 Å². The van der Waals surface area contributed by atoms with Gasteiger partial charge in [0, 0.05) is 42.1 Å². The molecule has 2 saturated heterocycles. The summed E-state index contributed by atoms with van der Waals surface area (Å²) >= 11 is 0. The number of halogens is 2. The zero-order valence-corrected chi connectivity index (χ0v) is 17.9. The van der Waals surface area contributed by atoms with Crippen molar-refractivity contribution in [3.8, 4) is 39.9 Å². The van der Waals surface area contributed by atoms with E-state index in [1.807, 2.05) is 24.3 Å². The number of pyridine rings is 1. The molecule has 3 aromatic rings. The number of alkyl halides is 2. The minimum Gasteiger partial charge on any atom is -0.480 e. The van der Waals surface area contributed by atoms with Crippen LogP contribution in [0.5, 0.6) is 17.6 Å². The molecule has 3 atom stereocenters. The van der Waals surface area contributed by atoms with Crippen molar-refractivity contribution in [3.63, 3.8) is 0 Å². The molecule has 2 fully saturated rings. The number of rotatable bonds is 4. The first kappa shape index (κ1) is 20.3. The Kier molecular flexibility index (Phi) is 4.69. The summed E-state index contributed by atoms with van der Waals surface area (Å²) in [5.41, 5.74) is 4.83. The number of benzene rings is 1. The summed E-state index contributed by atoms with van der Waals surface area (Å²) in [6.45, 7) is 0.367. The van der Waals surface area contributed by atoms with Gasteiger partial charge in [0.2, 0.25) is 17.6 Å². The maximum Gasteiger partial charge on any atom is 0.264 e. The first-order valence-corrected chi connectivity index (χ1v) is 10.9. The van der Waals surface area contributed by atoms with Crippen LogP contribution in [0.1, 0.15) is 24.8 Å². The van der Waals surface area contributed by atoms with Crippen LogP contribution in [-0.4, -0.2) is 46.4 Å². The second-order valence-corrected chi connectivity index (χ2v) is 8.74. The van der Waals surface area contributed by atoms with Crippen molar-refractivity contribution in [1.82, 2.24) is 20.5 Å². The van der Waals surface area contributed by atoms with Gasteiger partial charge in [-0.1, -0.05) is 12.1 Å². The Morgan fingerprint density at radius 1 is 1.06 bits per heavy atom. The third-order valence-electron chi connectivity index (χ3n) is 6.57. The summed E-state index contributed by atoms with van der Waals surface area (Å²) in [7, 11) is 1.56. The van der Waals surface area contributed by atoms with Gasteiger partial charge < -0.3 is 19.5 Å². The standard InChI is InChI=1S/C24H22F2N4O3/c1-31-22-7-14(11-27-30-22)13-2-3-18-15(6-13)12-32-23-19(18)4-5-21(29-23)33-17-8-16-10-24(25,26)20(9-17)28-16/h2-7,11,16-17,20,28H,8-10,12H2,1H3/t16-,17+,20+/m1/s1. The van der Waals surface area contributed by atoms with Crippen molar-refractivity contribution in [2.45, 2.75) is 50.0 Å². The molecule has 2 aromatic heterocycles. The van der Waals surface area contributed by atoms with Gasteiger partial charge in [0.1, 0.15) is 12.7 Å². The van der Waals surface area contributed by atoms with Crippen molar-refractivity contribution in [2.75, 3.05) is 7.11 Å². The molecule has 9 heteroatoms. The SMILES string of the molecule is COc1cc(-c2ccc3c(c2)COc2nc(O[C@H]4C[C@@H]5CC(F)(F)[C@H](C4)N5)ccc2-3)cnn1. The second kappa shape index (κ2) is 7.62. The Labute approximate surface area is 189 Å². The smallest absolute Gasteiger partial charge is 0.264 e. The summed E-state index contributed by atoms with van der Waals surface area (Å²) in [5.74, 6) is -1.33. The molecule has 5 heterocycles. The molecule has 0 aliphatic carbocycles. The molecule has 3 aliphatic rings. The van der Waals surface area contributed by atoms with E-state index in [-0.39, 0.29) is 25.0 Å². The van der Waals surface area contributed by atoms with Gasteiger partial charge in [-0.05, 0) is 35.2 Å². The van der Waals surface area contributed by atoms with Crippen molar-refractivity contribution < 1.29 is 23.0 Å². The number of nitrogens with one attached hydrogen (secondary N) is 1. The molecular formula is C24H22F2N4O3. The molecule has 0 amide bonds. The Balaban J connectivity index is 1.23. The van der Waals surface area contributed by atoms with E-state index in [9.17, 15) is 8.78 Å². The minimum atomic E-state index is -2.67. The molecule has 170 valence electrons. The fourth-order valence-electron chi connectivity index (χ4n) is 4.98. The highest BCUT2D eigenvalue weighted by Crippen LogP contribution is 2.42. The quantitative estimate of drug-likeness (QED) is 0.641. The molecule has 0 saturated carbocycles. The monoisotopic (exact) mass is 452 g/mol. The van der Waals surface area contributed by atoms with Gasteiger partial charge in [0.25, 0.3) is 5.92 Å². The molecule has 2 bridgehead atoms. The lowest BCUT2D eigenvalue weighted by molar-refractivity contribution is -0.0195. The van der Waals surface area contributed by atoms with Crippen LogP contribution in [0, 0.1) is 0 Å². The van der Waals surface area contributed by atoms with Gasteiger partial charge in [-0.3, -0.25) is 0 Å². The number of fused-ring (bicyclic) bond motifs is 5. The highest BCUT2D eigenvalue weighted by Gasteiger charge is 2.53. The molecule has 0 unspecified atom stereocenters. The second-order valence-electron chi connectivity index (χ2n) is 8.74. The van der Waals surface area contributed by atoms with Gasteiger partial charge in [-0.2, -0.15) is 10.1 Å². The average molecular weight is 452 g/mol. The lowest BCUT2D eigenvalue weighted by atomic mass is 9.95. The van der Waals surface area contributed by atoms with Crippen LogP contribution in [0.15, 0.2) is 42.6 Å². The Morgan fingerprint density at radius 3 is 2.79 bits per heavy atom. The van der Waals surface area contributed by atoms with Crippen LogP contribution in [-0.2, 0) is 6.61 Å². The number of methoxy groups -OCH3 is 1. The molecule has 0 radical (unpaired) electrons. The van der Waals surface area contributed by atoms with Crippen LogP contribution in [0.2, 0.25) is 0 Å². The van der Waals surface area contributed by atoms with Gasteiger partial charge in [0.15, 0.2) is 0 Å². The first-order valence-electron chi connectivity index (χ1n) is 10.9. The van der Waals surface area contributed by atoms with Crippen LogP contribution in [0.25, 0.3) is 22.3 Å². The Hall–Kier alpha value is -3.33. The summed E-state index contributed by atoms with van der Waals surface area (Å²) < 4.78 is 45.1. The topological polar surface area (TPSA) is 78.4 Å². The van der Waals surface area contributed by atoms with Gasteiger partial charge >= 0.3 is 0 Å². The Morgan fingerprint density at radius 2 is 1.94 bits per heavy atom. The van der Waals surface area contributed by atoms with Crippen LogP contribution >= 0.6 is 0 Å². The number of hydrogen-bond acceptors (Lipinski definition) is 7. The van der Waals surface area contributed by atoms with Gasteiger partial charge in [-0.25, -0.2) is 8.78 Å². The predicted octanol–water partition coefficient (Wildman–Crippen LogP) is 4.01. The summed E-state index contributed by atoms with van der Waals surface area (Å²) in [5, 5.41) is 10.9. The highest BCUT2D eigenvalue weighted by atomic mass is 19.3. The molecule has 1 N–H and O–H groups in total. The molecule has 33 heavy (non-hydrogen) atoms. The summed E-state index contributed by atoms with van der Waals surface area (Å²) in [4.78, 5) is 4.53. The van der Waals surface area contributed by atoms with E-state index in [0.29, 0.717) is 30.7 Å². The maximum atomic E-state index is 14.0. The molecule has 6 rings (SSSR count). The zero-order chi connectivity index (χ0) is 22.6. The third-order valence-corrected chi connectivity index (χ3v) is 6.57. The summed E-state index contributed by atoms with van der Waals surface area (Å²) in [6, 6.07) is 10.6. The number of aromatic nitrogens is 3. The van der Waals surface area contributed by atoms with E-state index in [1.165, 1.54) is 0 Å². The van der Waals surface area contributed by atoms with Crippen LogP contribution < -0.4 is 19.5 Å². The fourth-order valence-corrected chi connectivity index (χ4v) is 4.98. The van der Waals surface area contributed by atoms with E-state index in [0.717, 1.165) is 27.8 Å². The van der Waals surface area contributed by atoms with E-state index < -0.39 is 12.0 Å². The van der Waals surface area contributed by atoms with E-state index in [1.54, 1.807) is 19.4 Å². The van der Waals surface area contributed by atoms with E-state index in [2.05, 4.69) is 26.6 Å². The van der Waals surface area contributed by atoms with Crippen molar-refractivity contribution in [2.24, 2.45) is 0 Å². The molecule has 0 spiro atoms. The molecule has 1 aromatic carbocycles. The molecule has 7 nitrogen and oxygen atoms in total. The first-order chi connectivity index (χ1) is 16.0. The molecule has 3 aliphatic heterocycles. The van der Waals surface area contributed by atoms with Gasteiger partial charge in [-0.15, -0.1) is 5.10 Å². The van der Waals surface area contributed by atoms with E-state index in [4.69, 9.17) is 14.2 Å². The lowest BCUT2D eigenvalue weighted by Gasteiger charge is -2.30. The minimum absolute atomic E-state index is 0.126. The van der Waals surface area contributed by atoms with Gasteiger partial charge in [0.05, 0.1) is 19.3 Å². The Bertz CT molecular complexity index is 1220. The van der Waals surface area contributed by atoms with Crippen LogP contribution in [0.4, 0.5) is 8.78 Å². The largest absolute Gasteiger partial charge is 0.480 e. The molecular weight excluding hydrogens is 430 g/mol. The highest BCUT2D eigenvalue weighted by molar-refractivity contribution is 5.77. The summed E-state index contributed by atoms with van der Waals surface area (Å²) in [6.07, 6.45) is 2.09. The predicted molar refractivity (Wildman–Crippen MR) is 116 cm³/mol. The van der Waals surface area contributed by atoms with Crippen LogP contribution in [0.3, 0.4) is 0 Å². The zero-order valence-electron chi connectivity index (χ0n) is 17.9. The number of hydrogen-bond donors (Lipinski definition) is 1. The third kappa shape index (κ3) is 3.66. The number of ether oxygens (including phenoxy) is 3. The van der Waals surface area contributed by atoms with Crippen molar-refractivity contribution in [1.29, 1.82) is 0 Å². The fraction of sp³-hybridized carbons (Fsp3) is 0.375. The van der Waals surface area contributed by atoms with Crippen molar-refractivity contribution in [3.05, 3.63) is 48.2 Å². The lowest BCUT2D eigenvalue weighted by Crippen LogP contribution is -2.46. The number of piperidine rings is 1. The maximum absolute atomic E-state index is 14.0. The average Bonchev–Trinajstić information content (AvgIpc) is 3.04. The normalized spacial score (nSPS) is 24.4.